The summed E-state index contributed by atoms with van der Waals surface area (Å²) in [5.41, 5.74) is 7.44. The summed E-state index contributed by atoms with van der Waals surface area (Å²) in [4.78, 5) is 2.48. The molecule has 0 aliphatic carbocycles. The highest BCUT2D eigenvalue weighted by Crippen LogP contribution is 2.30. The first-order valence-corrected chi connectivity index (χ1v) is 6.45. The molecule has 3 heteroatoms. The van der Waals surface area contributed by atoms with Gasteiger partial charge in [-0.05, 0) is 44.4 Å². The lowest BCUT2D eigenvalue weighted by Crippen LogP contribution is -2.33. The molecule has 0 bridgehead atoms. The zero-order valence-corrected chi connectivity index (χ0v) is 10.7. The molecule has 1 aliphatic heterocycles. The van der Waals surface area contributed by atoms with Gasteiger partial charge in [-0.3, -0.25) is 4.90 Å². The Hall–Kier alpha value is -1.22. The molecule has 0 saturated carbocycles. The molecule has 2 unspecified atom stereocenters. The Morgan fingerprint density at radius 2 is 2.18 bits per heavy atom. The lowest BCUT2D eigenvalue weighted by atomic mass is 10.1. The topological polar surface area (TPSA) is 49.5 Å². The van der Waals surface area contributed by atoms with Gasteiger partial charge >= 0.3 is 0 Å². The summed E-state index contributed by atoms with van der Waals surface area (Å²) in [7, 11) is 0. The molecular weight excluding hydrogens is 212 g/mol. The van der Waals surface area contributed by atoms with Crippen molar-refractivity contribution in [3.8, 4) is 5.75 Å². The average Bonchev–Trinajstić information content (AvgIpc) is 2.65. The van der Waals surface area contributed by atoms with Gasteiger partial charge in [0.1, 0.15) is 5.75 Å². The van der Waals surface area contributed by atoms with Crippen molar-refractivity contribution in [1.82, 2.24) is 4.90 Å². The zero-order chi connectivity index (χ0) is 12.4. The molecule has 17 heavy (non-hydrogen) atoms. The molecule has 1 aromatic rings. The van der Waals surface area contributed by atoms with Gasteiger partial charge in [-0.2, -0.15) is 0 Å². The van der Waals surface area contributed by atoms with E-state index < -0.39 is 0 Å². The molecule has 1 aromatic carbocycles. The summed E-state index contributed by atoms with van der Waals surface area (Å²) in [6.07, 6.45) is 3.69. The molecule has 1 fully saturated rings. The number of hydrogen-bond acceptors (Lipinski definition) is 3. The van der Waals surface area contributed by atoms with E-state index in [1.54, 1.807) is 12.1 Å². The number of nitrogens with two attached hydrogens (primary N) is 1. The maximum Gasteiger partial charge on any atom is 0.120 e. The van der Waals surface area contributed by atoms with E-state index in [0.717, 1.165) is 17.8 Å². The number of likely N-dealkylation sites (tertiary alicyclic amines) is 1. The van der Waals surface area contributed by atoms with Gasteiger partial charge in [0.05, 0.1) is 0 Å². The normalized spacial score (nSPS) is 25.3. The van der Waals surface area contributed by atoms with Crippen LogP contribution in [0, 0.1) is 0 Å². The minimum Gasteiger partial charge on any atom is -0.508 e. The van der Waals surface area contributed by atoms with Crippen LogP contribution in [0.2, 0.25) is 0 Å². The lowest BCUT2D eigenvalue weighted by molar-refractivity contribution is 0.187. The smallest absolute Gasteiger partial charge is 0.120 e. The number of benzene rings is 1. The molecule has 1 saturated heterocycles. The number of phenolic OH excluding ortho intramolecular Hbond substituents is 1. The van der Waals surface area contributed by atoms with Crippen LogP contribution in [0.15, 0.2) is 18.2 Å². The van der Waals surface area contributed by atoms with E-state index in [1.165, 1.54) is 19.3 Å². The lowest BCUT2D eigenvalue weighted by Gasteiger charge is -2.28. The Morgan fingerprint density at radius 3 is 2.88 bits per heavy atom. The number of hydrogen-bond donors (Lipinski definition) is 2. The summed E-state index contributed by atoms with van der Waals surface area (Å²) >= 11 is 0. The minimum atomic E-state index is 0.355. The summed E-state index contributed by atoms with van der Waals surface area (Å²) < 4.78 is 0. The Bertz CT molecular complexity index is 392. The first kappa shape index (κ1) is 12.2. The molecular formula is C14H22N2O. The van der Waals surface area contributed by atoms with Crippen molar-refractivity contribution in [3.63, 3.8) is 0 Å². The zero-order valence-electron chi connectivity index (χ0n) is 10.7. The fraction of sp³-hybridized carbons (Fsp3) is 0.571. The van der Waals surface area contributed by atoms with E-state index in [4.69, 9.17) is 5.73 Å². The van der Waals surface area contributed by atoms with Crippen LogP contribution in [0.4, 0.5) is 5.69 Å². The van der Waals surface area contributed by atoms with E-state index in [0.29, 0.717) is 17.8 Å². The highest BCUT2D eigenvalue weighted by atomic mass is 16.3. The molecule has 1 heterocycles. The SMILES string of the molecule is CCC1CCC(C)N1Cc1cc(N)ccc1O. The van der Waals surface area contributed by atoms with Crippen LogP contribution in [0.1, 0.15) is 38.7 Å². The first-order chi connectivity index (χ1) is 8.11. The van der Waals surface area contributed by atoms with E-state index in [1.807, 2.05) is 6.07 Å². The van der Waals surface area contributed by atoms with Crippen LogP contribution in [-0.4, -0.2) is 22.1 Å². The molecule has 3 N–H and O–H groups in total. The molecule has 0 amide bonds. The van der Waals surface area contributed by atoms with Crippen LogP contribution in [0.5, 0.6) is 5.75 Å². The highest BCUT2D eigenvalue weighted by Gasteiger charge is 2.29. The monoisotopic (exact) mass is 234 g/mol. The van der Waals surface area contributed by atoms with Gasteiger partial charge in [-0.1, -0.05) is 6.92 Å². The van der Waals surface area contributed by atoms with Gasteiger partial charge < -0.3 is 10.8 Å². The van der Waals surface area contributed by atoms with Crippen LogP contribution in [-0.2, 0) is 6.54 Å². The molecule has 0 spiro atoms. The molecule has 3 nitrogen and oxygen atoms in total. The Balaban J connectivity index is 2.16. The quantitative estimate of drug-likeness (QED) is 0.624. The van der Waals surface area contributed by atoms with E-state index in [9.17, 15) is 5.11 Å². The van der Waals surface area contributed by atoms with Crippen molar-refractivity contribution < 1.29 is 5.11 Å². The Labute approximate surface area is 103 Å². The number of anilines is 1. The highest BCUT2D eigenvalue weighted by molar-refractivity contribution is 5.47. The minimum absolute atomic E-state index is 0.355. The third-order valence-corrected chi connectivity index (χ3v) is 3.88. The third kappa shape index (κ3) is 2.55. The van der Waals surface area contributed by atoms with Gasteiger partial charge in [0.15, 0.2) is 0 Å². The molecule has 0 aromatic heterocycles. The van der Waals surface area contributed by atoms with Crippen molar-refractivity contribution >= 4 is 5.69 Å². The van der Waals surface area contributed by atoms with Crippen molar-refractivity contribution in [2.24, 2.45) is 0 Å². The van der Waals surface area contributed by atoms with Crippen LogP contribution < -0.4 is 5.73 Å². The summed E-state index contributed by atoms with van der Waals surface area (Å²) in [5.74, 6) is 0.355. The van der Waals surface area contributed by atoms with Gasteiger partial charge in [0.25, 0.3) is 0 Å². The van der Waals surface area contributed by atoms with Gasteiger partial charge in [0.2, 0.25) is 0 Å². The summed E-state index contributed by atoms with van der Waals surface area (Å²) in [6, 6.07) is 6.55. The van der Waals surface area contributed by atoms with Crippen LogP contribution >= 0.6 is 0 Å². The number of rotatable bonds is 3. The van der Waals surface area contributed by atoms with E-state index in [2.05, 4.69) is 18.7 Å². The number of phenols is 1. The molecule has 94 valence electrons. The van der Waals surface area contributed by atoms with Crippen molar-refractivity contribution in [2.45, 2.75) is 51.7 Å². The predicted molar refractivity (Wildman–Crippen MR) is 70.8 cm³/mol. The van der Waals surface area contributed by atoms with Crippen molar-refractivity contribution in [3.05, 3.63) is 23.8 Å². The van der Waals surface area contributed by atoms with Gasteiger partial charge in [0, 0.05) is 29.9 Å². The first-order valence-electron chi connectivity index (χ1n) is 6.45. The third-order valence-electron chi connectivity index (χ3n) is 3.88. The second-order valence-electron chi connectivity index (χ2n) is 5.05. The second kappa shape index (κ2) is 4.96. The number of nitrogen functional groups attached to an aromatic ring is 1. The Kier molecular flexibility index (Phi) is 3.57. The maximum absolute atomic E-state index is 9.86. The maximum atomic E-state index is 9.86. The van der Waals surface area contributed by atoms with Gasteiger partial charge in [-0.15, -0.1) is 0 Å². The largest absolute Gasteiger partial charge is 0.508 e. The predicted octanol–water partition coefficient (Wildman–Crippen LogP) is 2.74. The average molecular weight is 234 g/mol. The molecule has 2 rings (SSSR count). The fourth-order valence-corrected chi connectivity index (χ4v) is 2.78. The van der Waals surface area contributed by atoms with Crippen LogP contribution in [0.25, 0.3) is 0 Å². The second-order valence-corrected chi connectivity index (χ2v) is 5.05. The van der Waals surface area contributed by atoms with Crippen molar-refractivity contribution in [1.29, 1.82) is 0 Å². The van der Waals surface area contributed by atoms with Gasteiger partial charge in [-0.25, -0.2) is 0 Å². The summed E-state index contributed by atoms with van der Waals surface area (Å²) in [6.45, 7) is 5.30. The fourth-order valence-electron chi connectivity index (χ4n) is 2.78. The number of aromatic hydroxyl groups is 1. The molecule has 1 aliphatic rings. The number of nitrogens with zero attached hydrogens (tertiary/aromatic N) is 1. The van der Waals surface area contributed by atoms with E-state index >= 15 is 0 Å². The summed E-state index contributed by atoms with van der Waals surface area (Å²) in [5, 5.41) is 9.86. The molecule has 0 radical (unpaired) electrons. The van der Waals surface area contributed by atoms with Crippen LogP contribution in [0.3, 0.4) is 0 Å². The standard InChI is InChI=1S/C14H22N2O/c1-3-13-6-4-10(2)16(13)9-11-8-12(15)5-7-14(11)17/h5,7-8,10,13,17H,3-4,6,9,15H2,1-2H3. The van der Waals surface area contributed by atoms with Crippen molar-refractivity contribution in [2.75, 3.05) is 5.73 Å². The Morgan fingerprint density at radius 1 is 1.41 bits per heavy atom. The van der Waals surface area contributed by atoms with E-state index in [-0.39, 0.29) is 0 Å². The molecule has 2 atom stereocenters.